The normalized spacial score (nSPS) is 20.7. The van der Waals surface area contributed by atoms with E-state index in [9.17, 15) is 0 Å². The Morgan fingerprint density at radius 2 is 1.57 bits per heavy atom. The van der Waals surface area contributed by atoms with Gasteiger partial charge < -0.3 is 9.05 Å². The molecule has 2 aromatic heterocycles. The van der Waals surface area contributed by atoms with Crippen LogP contribution in [0.2, 0.25) is 0 Å². The fourth-order valence-electron chi connectivity index (χ4n) is 2.97. The lowest BCUT2D eigenvalue weighted by atomic mass is 10.3. The van der Waals surface area contributed by atoms with Gasteiger partial charge in [0.15, 0.2) is 11.6 Å². The van der Waals surface area contributed by atoms with Crippen molar-refractivity contribution in [1.29, 1.82) is 0 Å². The second kappa shape index (κ2) is 6.37. The van der Waals surface area contributed by atoms with E-state index in [4.69, 9.17) is 9.05 Å². The number of aromatic nitrogens is 4. The van der Waals surface area contributed by atoms with Gasteiger partial charge in [0, 0.05) is 25.9 Å². The smallest absolute Gasteiger partial charge is 0.229 e. The molecule has 0 unspecified atom stereocenters. The van der Waals surface area contributed by atoms with Gasteiger partial charge in [0.2, 0.25) is 11.8 Å². The van der Waals surface area contributed by atoms with Gasteiger partial charge in [-0.3, -0.25) is 9.80 Å². The highest BCUT2D eigenvalue weighted by Gasteiger charge is 2.30. The molecule has 8 heteroatoms. The molecule has 1 aliphatic carbocycles. The molecular formula is C15H22N6O2. The highest BCUT2D eigenvalue weighted by atomic mass is 16.5. The largest absolute Gasteiger partial charge is 0.340 e. The Morgan fingerprint density at radius 1 is 0.913 bits per heavy atom. The van der Waals surface area contributed by atoms with E-state index >= 15 is 0 Å². The van der Waals surface area contributed by atoms with Crippen LogP contribution in [0.4, 0.5) is 0 Å². The van der Waals surface area contributed by atoms with Crippen LogP contribution in [0, 0.1) is 6.92 Å². The number of rotatable bonds is 5. The lowest BCUT2D eigenvalue weighted by Gasteiger charge is -2.19. The molecule has 4 rings (SSSR count). The van der Waals surface area contributed by atoms with Crippen LogP contribution in [0.25, 0.3) is 0 Å². The first-order valence-corrected chi connectivity index (χ1v) is 8.32. The molecule has 0 radical (unpaired) electrons. The van der Waals surface area contributed by atoms with E-state index < -0.39 is 0 Å². The topological polar surface area (TPSA) is 84.3 Å². The molecule has 0 aromatic carbocycles. The first-order valence-electron chi connectivity index (χ1n) is 8.32. The van der Waals surface area contributed by atoms with Crippen molar-refractivity contribution in [3.05, 3.63) is 23.4 Å². The second-order valence-electron chi connectivity index (χ2n) is 6.46. The molecular weight excluding hydrogens is 296 g/mol. The van der Waals surface area contributed by atoms with Crippen molar-refractivity contribution < 1.29 is 9.05 Å². The van der Waals surface area contributed by atoms with Crippen LogP contribution in [0.1, 0.15) is 48.6 Å². The summed E-state index contributed by atoms with van der Waals surface area (Å²) in [6.07, 6.45) is 3.50. The van der Waals surface area contributed by atoms with Gasteiger partial charge in [0.05, 0.1) is 13.1 Å². The molecule has 2 aromatic rings. The van der Waals surface area contributed by atoms with E-state index in [2.05, 4.69) is 30.1 Å². The van der Waals surface area contributed by atoms with Crippen LogP contribution in [-0.2, 0) is 13.1 Å². The molecule has 8 nitrogen and oxygen atoms in total. The maximum absolute atomic E-state index is 5.34. The Hall–Kier alpha value is -1.80. The van der Waals surface area contributed by atoms with E-state index in [1.54, 1.807) is 0 Å². The molecule has 3 heterocycles. The minimum Gasteiger partial charge on any atom is -0.340 e. The van der Waals surface area contributed by atoms with Crippen molar-refractivity contribution >= 4 is 0 Å². The Balaban J connectivity index is 1.29. The highest BCUT2D eigenvalue weighted by Crippen LogP contribution is 2.38. The van der Waals surface area contributed by atoms with Crippen molar-refractivity contribution in [2.45, 2.75) is 45.2 Å². The molecule has 0 atom stereocenters. The van der Waals surface area contributed by atoms with E-state index in [-0.39, 0.29) is 0 Å². The molecule has 1 aliphatic heterocycles. The summed E-state index contributed by atoms with van der Waals surface area (Å²) in [6, 6.07) is 0. The van der Waals surface area contributed by atoms with Crippen LogP contribution in [0.15, 0.2) is 9.05 Å². The standard InChI is InChI=1S/C15H22N6O2/c1-11-16-13(18-22-11)9-20-5-2-6-21(8-7-20)10-14-17-15(23-19-14)12-3-4-12/h12H,2-10H2,1H3. The number of hydrogen-bond donors (Lipinski definition) is 0. The molecule has 0 bridgehead atoms. The van der Waals surface area contributed by atoms with Crippen molar-refractivity contribution in [1.82, 2.24) is 30.1 Å². The first kappa shape index (κ1) is 14.8. The lowest BCUT2D eigenvalue weighted by molar-refractivity contribution is 0.236. The molecule has 124 valence electrons. The van der Waals surface area contributed by atoms with E-state index in [0.717, 1.165) is 63.2 Å². The van der Waals surface area contributed by atoms with Gasteiger partial charge in [-0.15, -0.1) is 0 Å². The zero-order chi connectivity index (χ0) is 15.6. The molecule has 2 fully saturated rings. The third-order valence-corrected chi connectivity index (χ3v) is 4.39. The Morgan fingerprint density at radius 3 is 2.17 bits per heavy atom. The SMILES string of the molecule is Cc1nc(CN2CCCN(Cc3noc(C4CC4)n3)CC2)no1. The summed E-state index contributed by atoms with van der Waals surface area (Å²) in [6.45, 7) is 7.41. The zero-order valence-electron chi connectivity index (χ0n) is 13.4. The fraction of sp³-hybridized carbons (Fsp3) is 0.733. The van der Waals surface area contributed by atoms with Crippen molar-refractivity contribution in [2.24, 2.45) is 0 Å². The lowest BCUT2D eigenvalue weighted by Crippen LogP contribution is -2.30. The molecule has 0 N–H and O–H groups in total. The van der Waals surface area contributed by atoms with E-state index in [1.165, 1.54) is 12.8 Å². The second-order valence-corrected chi connectivity index (χ2v) is 6.46. The molecule has 23 heavy (non-hydrogen) atoms. The Labute approximate surface area is 134 Å². The maximum atomic E-state index is 5.34. The summed E-state index contributed by atoms with van der Waals surface area (Å²) < 4.78 is 10.4. The molecule has 1 saturated heterocycles. The van der Waals surface area contributed by atoms with Gasteiger partial charge in [-0.25, -0.2) is 0 Å². The highest BCUT2D eigenvalue weighted by molar-refractivity contribution is 5.01. The minimum atomic E-state index is 0.522. The van der Waals surface area contributed by atoms with Gasteiger partial charge in [0.25, 0.3) is 0 Å². The zero-order valence-corrected chi connectivity index (χ0v) is 13.4. The molecule has 0 amide bonds. The van der Waals surface area contributed by atoms with Gasteiger partial charge >= 0.3 is 0 Å². The molecule has 1 saturated carbocycles. The van der Waals surface area contributed by atoms with Crippen LogP contribution >= 0.6 is 0 Å². The summed E-state index contributed by atoms with van der Waals surface area (Å²) >= 11 is 0. The summed E-state index contributed by atoms with van der Waals surface area (Å²) in [4.78, 5) is 13.6. The fourth-order valence-corrected chi connectivity index (χ4v) is 2.97. The third kappa shape index (κ3) is 3.76. The number of aryl methyl sites for hydroxylation is 1. The Bertz CT molecular complexity index is 650. The predicted octanol–water partition coefficient (Wildman–Crippen LogP) is 1.35. The van der Waals surface area contributed by atoms with E-state index in [0.29, 0.717) is 11.8 Å². The summed E-state index contributed by atoms with van der Waals surface area (Å²) in [5, 5.41) is 8.10. The first-order chi connectivity index (χ1) is 11.3. The summed E-state index contributed by atoms with van der Waals surface area (Å²) in [5.41, 5.74) is 0. The van der Waals surface area contributed by atoms with Crippen LogP contribution < -0.4 is 0 Å². The van der Waals surface area contributed by atoms with Crippen LogP contribution in [-0.4, -0.2) is 56.3 Å². The average Bonchev–Trinajstić information content (AvgIpc) is 3.21. The monoisotopic (exact) mass is 318 g/mol. The van der Waals surface area contributed by atoms with E-state index in [1.807, 2.05) is 6.92 Å². The summed E-state index contributed by atoms with van der Waals surface area (Å²) in [5.74, 6) is 3.55. The van der Waals surface area contributed by atoms with Crippen LogP contribution in [0.5, 0.6) is 0 Å². The summed E-state index contributed by atoms with van der Waals surface area (Å²) in [7, 11) is 0. The maximum Gasteiger partial charge on any atom is 0.229 e. The predicted molar refractivity (Wildman–Crippen MR) is 80.5 cm³/mol. The minimum absolute atomic E-state index is 0.522. The van der Waals surface area contributed by atoms with Crippen molar-refractivity contribution in [3.8, 4) is 0 Å². The Kier molecular flexibility index (Phi) is 4.09. The van der Waals surface area contributed by atoms with Crippen LogP contribution in [0.3, 0.4) is 0 Å². The third-order valence-electron chi connectivity index (χ3n) is 4.39. The van der Waals surface area contributed by atoms with Gasteiger partial charge in [0.1, 0.15) is 0 Å². The molecule has 2 aliphatic rings. The van der Waals surface area contributed by atoms with Crippen molar-refractivity contribution in [3.63, 3.8) is 0 Å². The number of hydrogen-bond acceptors (Lipinski definition) is 8. The van der Waals surface area contributed by atoms with Gasteiger partial charge in [-0.05, 0) is 32.4 Å². The average molecular weight is 318 g/mol. The molecule has 0 spiro atoms. The van der Waals surface area contributed by atoms with Gasteiger partial charge in [-0.1, -0.05) is 10.3 Å². The quantitative estimate of drug-likeness (QED) is 0.816. The number of nitrogens with zero attached hydrogens (tertiary/aromatic N) is 6. The van der Waals surface area contributed by atoms with Gasteiger partial charge in [-0.2, -0.15) is 9.97 Å². The van der Waals surface area contributed by atoms with Crippen molar-refractivity contribution in [2.75, 3.05) is 26.2 Å².